The molecule has 0 radical (unpaired) electrons. The van der Waals surface area contributed by atoms with Crippen LogP contribution in [0.2, 0.25) is 0 Å². The summed E-state index contributed by atoms with van der Waals surface area (Å²) in [6.07, 6.45) is 4.61. The quantitative estimate of drug-likeness (QED) is 0.902. The van der Waals surface area contributed by atoms with Gasteiger partial charge in [0, 0.05) is 31.4 Å². The van der Waals surface area contributed by atoms with E-state index in [9.17, 15) is 9.59 Å². The summed E-state index contributed by atoms with van der Waals surface area (Å²) in [7, 11) is 0. The normalized spacial score (nSPS) is 16.6. The number of hydrogen-bond donors (Lipinski definition) is 1. The van der Waals surface area contributed by atoms with Gasteiger partial charge in [0.25, 0.3) is 0 Å². The fourth-order valence-corrected chi connectivity index (χ4v) is 2.58. The van der Waals surface area contributed by atoms with Crippen LogP contribution < -0.4 is 0 Å². The first-order chi connectivity index (χ1) is 9.49. The van der Waals surface area contributed by atoms with Crippen LogP contribution in [-0.2, 0) is 16.1 Å². The van der Waals surface area contributed by atoms with Gasteiger partial charge in [-0.15, -0.1) is 0 Å². The Morgan fingerprint density at radius 3 is 2.60 bits per heavy atom. The third-order valence-electron chi connectivity index (χ3n) is 3.77. The summed E-state index contributed by atoms with van der Waals surface area (Å²) in [6, 6.07) is 0. The number of aromatic nitrogens is 2. The van der Waals surface area contributed by atoms with Crippen molar-refractivity contribution in [2.75, 3.05) is 13.1 Å². The highest BCUT2D eigenvalue weighted by atomic mass is 16.4. The monoisotopic (exact) mass is 279 g/mol. The Morgan fingerprint density at radius 2 is 2.05 bits per heavy atom. The highest BCUT2D eigenvalue weighted by Crippen LogP contribution is 2.18. The number of amides is 1. The number of carboxylic acid groups (broad SMARTS) is 1. The van der Waals surface area contributed by atoms with Crippen LogP contribution in [0.4, 0.5) is 0 Å². The highest BCUT2D eigenvalue weighted by Gasteiger charge is 2.27. The van der Waals surface area contributed by atoms with Crippen LogP contribution in [0, 0.1) is 5.92 Å². The topological polar surface area (TPSA) is 75.4 Å². The predicted octanol–water partition coefficient (Wildman–Crippen LogP) is 1.33. The van der Waals surface area contributed by atoms with E-state index in [1.807, 2.05) is 24.6 Å². The fourth-order valence-electron chi connectivity index (χ4n) is 2.58. The molecule has 20 heavy (non-hydrogen) atoms. The molecule has 1 aromatic rings. The summed E-state index contributed by atoms with van der Waals surface area (Å²) in [5, 5.41) is 8.95. The van der Waals surface area contributed by atoms with Gasteiger partial charge in [0.1, 0.15) is 12.4 Å². The van der Waals surface area contributed by atoms with Gasteiger partial charge in [-0.3, -0.25) is 9.59 Å². The Balaban J connectivity index is 1.93. The lowest BCUT2D eigenvalue weighted by Gasteiger charge is -2.30. The van der Waals surface area contributed by atoms with Crippen LogP contribution >= 0.6 is 0 Å². The van der Waals surface area contributed by atoms with Crippen molar-refractivity contribution in [3.8, 4) is 0 Å². The molecule has 0 aliphatic carbocycles. The molecule has 1 N–H and O–H groups in total. The summed E-state index contributed by atoms with van der Waals surface area (Å²) in [5.41, 5.74) is 0. The number of likely N-dealkylation sites (tertiary alicyclic amines) is 1. The number of piperidine rings is 1. The molecule has 1 fully saturated rings. The van der Waals surface area contributed by atoms with Gasteiger partial charge in [-0.25, -0.2) is 4.98 Å². The molecule has 0 atom stereocenters. The van der Waals surface area contributed by atoms with Gasteiger partial charge in [-0.1, -0.05) is 13.8 Å². The second-order valence-corrected chi connectivity index (χ2v) is 5.56. The zero-order valence-electron chi connectivity index (χ0n) is 12.0. The van der Waals surface area contributed by atoms with Crippen molar-refractivity contribution in [1.29, 1.82) is 0 Å². The third kappa shape index (κ3) is 3.18. The molecule has 1 aliphatic rings. The molecule has 0 bridgehead atoms. The van der Waals surface area contributed by atoms with E-state index in [-0.39, 0.29) is 24.3 Å². The second kappa shape index (κ2) is 6.07. The Bertz CT molecular complexity index is 488. The summed E-state index contributed by atoms with van der Waals surface area (Å²) < 4.78 is 1.87. The van der Waals surface area contributed by atoms with E-state index in [1.54, 1.807) is 11.1 Å². The van der Waals surface area contributed by atoms with Crippen LogP contribution in [0.5, 0.6) is 0 Å². The maximum Gasteiger partial charge on any atom is 0.306 e. The molecule has 6 nitrogen and oxygen atoms in total. The first kappa shape index (κ1) is 14.6. The molecule has 110 valence electrons. The van der Waals surface area contributed by atoms with Crippen LogP contribution in [0.25, 0.3) is 0 Å². The molecule has 1 amide bonds. The van der Waals surface area contributed by atoms with Crippen molar-refractivity contribution in [2.45, 2.75) is 39.2 Å². The lowest BCUT2D eigenvalue weighted by atomic mass is 9.97. The van der Waals surface area contributed by atoms with E-state index < -0.39 is 5.97 Å². The smallest absolute Gasteiger partial charge is 0.306 e. The standard InChI is InChI=1S/C14H21N3O3/c1-10(2)13-15-5-8-17(13)9-12(18)16-6-3-11(4-7-16)14(19)20/h5,8,10-11H,3-4,6-7,9H2,1-2H3,(H,19,20). The Labute approximate surface area is 118 Å². The van der Waals surface area contributed by atoms with Crippen LogP contribution in [0.3, 0.4) is 0 Å². The van der Waals surface area contributed by atoms with E-state index >= 15 is 0 Å². The fraction of sp³-hybridized carbons (Fsp3) is 0.643. The molecule has 1 saturated heterocycles. The van der Waals surface area contributed by atoms with Crippen LogP contribution in [-0.4, -0.2) is 44.5 Å². The molecule has 1 aliphatic heterocycles. The first-order valence-electron chi connectivity index (χ1n) is 7.00. The number of carbonyl (C=O) groups excluding carboxylic acids is 1. The summed E-state index contributed by atoms with van der Waals surface area (Å²) >= 11 is 0. The molecule has 6 heteroatoms. The first-order valence-corrected chi connectivity index (χ1v) is 7.00. The van der Waals surface area contributed by atoms with Gasteiger partial charge >= 0.3 is 5.97 Å². The summed E-state index contributed by atoms with van der Waals surface area (Å²) in [6.45, 7) is 5.43. The van der Waals surface area contributed by atoms with Gasteiger partial charge in [0.15, 0.2) is 0 Å². The number of carbonyl (C=O) groups is 2. The summed E-state index contributed by atoms with van der Waals surface area (Å²) in [4.78, 5) is 29.2. The van der Waals surface area contributed by atoms with Gasteiger partial charge in [0.05, 0.1) is 5.92 Å². The molecular weight excluding hydrogens is 258 g/mol. The third-order valence-corrected chi connectivity index (χ3v) is 3.77. The number of imidazole rings is 1. The van der Waals surface area contributed by atoms with E-state index in [0.29, 0.717) is 25.9 Å². The van der Waals surface area contributed by atoms with Crippen molar-refractivity contribution < 1.29 is 14.7 Å². The molecular formula is C14H21N3O3. The second-order valence-electron chi connectivity index (χ2n) is 5.56. The van der Waals surface area contributed by atoms with Crippen molar-refractivity contribution in [3.63, 3.8) is 0 Å². The lowest BCUT2D eigenvalue weighted by molar-refractivity contribution is -0.145. The Kier molecular flexibility index (Phi) is 4.42. The summed E-state index contributed by atoms with van der Waals surface area (Å²) in [5.74, 6) is 0.148. The van der Waals surface area contributed by atoms with Crippen molar-refractivity contribution >= 4 is 11.9 Å². The van der Waals surface area contributed by atoms with Crippen LogP contribution in [0.15, 0.2) is 12.4 Å². The largest absolute Gasteiger partial charge is 0.481 e. The number of hydrogen-bond acceptors (Lipinski definition) is 3. The van der Waals surface area contributed by atoms with Gasteiger partial charge in [-0.2, -0.15) is 0 Å². The van der Waals surface area contributed by atoms with Gasteiger partial charge < -0.3 is 14.6 Å². The number of nitrogens with zero attached hydrogens (tertiary/aromatic N) is 3. The van der Waals surface area contributed by atoms with Gasteiger partial charge in [-0.05, 0) is 12.8 Å². The average molecular weight is 279 g/mol. The molecule has 0 saturated carbocycles. The molecule has 2 rings (SSSR count). The number of carboxylic acids is 1. The maximum absolute atomic E-state index is 12.2. The zero-order chi connectivity index (χ0) is 14.7. The Hall–Kier alpha value is -1.85. The van der Waals surface area contributed by atoms with E-state index in [0.717, 1.165) is 5.82 Å². The van der Waals surface area contributed by atoms with E-state index in [4.69, 9.17) is 5.11 Å². The predicted molar refractivity (Wildman–Crippen MR) is 73.3 cm³/mol. The zero-order valence-corrected chi connectivity index (χ0v) is 12.0. The number of aliphatic carboxylic acids is 1. The van der Waals surface area contributed by atoms with Crippen molar-refractivity contribution in [1.82, 2.24) is 14.5 Å². The van der Waals surface area contributed by atoms with E-state index in [1.165, 1.54) is 0 Å². The molecule has 0 unspecified atom stereocenters. The van der Waals surface area contributed by atoms with Gasteiger partial charge in [0.2, 0.25) is 5.91 Å². The molecule has 0 spiro atoms. The molecule has 0 aromatic carbocycles. The molecule has 2 heterocycles. The Morgan fingerprint density at radius 1 is 1.40 bits per heavy atom. The lowest BCUT2D eigenvalue weighted by Crippen LogP contribution is -2.41. The average Bonchev–Trinajstić information content (AvgIpc) is 2.87. The SMILES string of the molecule is CC(C)c1nccn1CC(=O)N1CCC(C(=O)O)CC1. The van der Waals surface area contributed by atoms with Crippen molar-refractivity contribution in [3.05, 3.63) is 18.2 Å². The minimum absolute atomic E-state index is 0.0359. The number of rotatable bonds is 4. The van der Waals surface area contributed by atoms with E-state index in [2.05, 4.69) is 4.98 Å². The minimum atomic E-state index is -0.756. The highest BCUT2D eigenvalue weighted by molar-refractivity contribution is 5.77. The maximum atomic E-state index is 12.2. The van der Waals surface area contributed by atoms with Crippen LogP contribution in [0.1, 0.15) is 38.4 Å². The minimum Gasteiger partial charge on any atom is -0.481 e. The van der Waals surface area contributed by atoms with Crippen molar-refractivity contribution in [2.24, 2.45) is 5.92 Å². The molecule has 1 aromatic heterocycles.